The maximum Gasteiger partial charge on any atom is 0.276 e. The summed E-state index contributed by atoms with van der Waals surface area (Å²) in [6, 6.07) is 9.75. The highest BCUT2D eigenvalue weighted by Gasteiger charge is 2.16. The van der Waals surface area contributed by atoms with Crippen molar-refractivity contribution in [2.24, 2.45) is 0 Å². The first-order chi connectivity index (χ1) is 11.1. The molecule has 1 heterocycles. The Kier molecular flexibility index (Phi) is 4.91. The molecule has 23 heavy (non-hydrogen) atoms. The molecule has 5 nitrogen and oxygen atoms in total. The van der Waals surface area contributed by atoms with E-state index >= 15 is 0 Å². The third kappa shape index (κ3) is 4.07. The summed E-state index contributed by atoms with van der Waals surface area (Å²) in [4.78, 5) is 12.3. The molecule has 0 spiro atoms. The molecule has 120 valence electrons. The largest absolute Gasteiger partial charge is 0.366 e. The lowest BCUT2D eigenvalue weighted by Crippen LogP contribution is -2.18. The minimum Gasteiger partial charge on any atom is -0.366 e. The van der Waals surface area contributed by atoms with Crippen molar-refractivity contribution < 1.29 is 4.79 Å². The number of aryl methyl sites for hydroxylation is 1. The van der Waals surface area contributed by atoms with Gasteiger partial charge in [-0.2, -0.15) is 0 Å². The van der Waals surface area contributed by atoms with Crippen LogP contribution in [0, 0.1) is 6.92 Å². The second kappa shape index (κ2) is 7.08. The molecule has 0 bridgehead atoms. The van der Waals surface area contributed by atoms with Crippen LogP contribution in [0.1, 0.15) is 41.7 Å². The molecule has 3 rings (SSSR count). The number of hydrogen-bond acceptors (Lipinski definition) is 4. The molecular weight excluding hydrogens is 356 g/mol. The summed E-state index contributed by atoms with van der Waals surface area (Å²) >= 11 is 3.45. The van der Waals surface area contributed by atoms with Crippen molar-refractivity contribution in [2.75, 3.05) is 10.6 Å². The normalized spacial score (nSPS) is 14.7. The van der Waals surface area contributed by atoms with Gasteiger partial charge in [0.25, 0.3) is 5.91 Å². The van der Waals surface area contributed by atoms with Crippen LogP contribution >= 0.6 is 15.9 Å². The molecule has 1 aromatic heterocycles. The van der Waals surface area contributed by atoms with Crippen molar-refractivity contribution in [3.05, 3.63) is 46.1 Å². The molecule has 2 aromatic rings. The van der Waals surface area contributed by atoms with Crippen LogP contribution in [0.4, 0.5) is 11.5 Å². The van der Waals surface area contributed by atoms with Gasteiger partial charge in [0.05, 0.1) is 5.69 Å². The fourth-order valence-corrected chi connectivity index (χ4v) is 3.31. The summed E-state index contributed by atoms with van der Waals surface area (Å²) in [7, 11) is 0. The Morgan fingerprint density at radius 3 is 2.61 bits per heavy atom. The first kappa shape index (κ1) is 15.9. The molecule has 0 atom stereocenters. The quantitative estimate of drug-likeness (QED) is 0.843. The average molecular weight is 375 g/mol. The summed E-state index contributed by atoms with van der Waals surface area (Å²) in [5.41, 5.74) is 2.14. The predicted octanol–water partition coefficient (Wildman–Crippen LogP) is 4.15. The Bertz CT molecular complexity index is 696. The topological polar surface area (TPSA) is 66.9 Å². The monoisotopic (exact) mass is 374 g/mol. The van der Waals surface area contributed by atoms with Crippen LogP contribution in [-0.2, 0) is 0 Å². The molecule has 0 saturated heterocycles. The number of carbonyl (C=O) groups is 1. The van der Waals surface area contributed by atoms with E-state index in [2.05, 4.69) is 36.8 Å². The zero-order valence-corrected chi connectivity index (χ0v) is 14.6. The first-order valence-corrected chi connectivity index (χ1v) is 8.59. The highest BCUT2D eigenvalue weighted by molar-refractivity contribution is 9.10. The van der Waals surface area contributed by atoms with Gasteiger partial charge in [-0.1, -0.05) is 18.9 Å². The number of hydrogen-bond donors (Lipinski definition) is 2. The van der Waals surface area contributed by atoms with E-state index in [9.17, 15) is 4.79 Å². The number of carbonyl (C=O) groups excluding carboxylic acids is 1. The number of nitrogens with one attached hydrogen (secondary N) is 2. The minimum absolute atomic E-state index is 0.269. The highest BCUT2D eigenvalue weighted by Crippen LogP contribution is 2.24. The van der Waals surface area contributed by atoms with Crippen LogP contribution in [0.3, 0.4) is 0 Å². The van der Waals surface area contributed by atoms with Gasteiger partial charge >= 0.3 is 0 Å². The number of halogens is 1. The number of amides is 1. The summed E-state index contributed by atoms with van der Waals surface area (Å²) in [5.74, 6) is 0.458. The summed E-state index contributed by atoms with van der Waals surface area (Å²) in [6.07, 6.45) is 4.87. The fraction of sp³-hybridized carbons (Fsp3) is 0.353. The summed E-state index contributed by atoms with van der Waals surface area (Å²) < 4.78 is 0.846. The van der Waals surface area contributed by atoms with Crippen LogP contribution in [0.25, 0.3) is 0 Å². The van der Waals surface area contributed by atoms with Gasteiger partial charge in [0, 0.05) is 10.5 Å². The van der Waals surface area contributed by atoms with E-state index < -0.39 is 0 Å². The lowest BCUT2D eigenvalue weighted by atomic mass is 10.2. The second-order valence-corrected chi connectivity index (χ2v) is 6.72. The van der Waals surface area contributed by atoms with Gasteiger partial charge in [0.1, 0.15) is 5.82 Å². The number of nitrogens with zero attached hydrogens (tertiary/aromatic N) is 2. The van der Waals surface area contributed by atoms with Gasteiger partial charge in [0.15, 0.2) is 5.69 Å². The Labute approximate surface area is 144 Å². The Morgan fingerprint density at radius 2 is 1.96 bits per heavy atom. The molecule has 1 fully saturated rings. The van der Waals surface area contributed by atoms with Crippen LogP contribution in [0.15, 0.2) is 34.8 Å². The van der Waals surface area contributed by atoms with Crippen molar-refractivity contribution in [1.82, 2.24) is 10.2 Å². The Hall–Kier alpha value is -1.95. The molecule has 0 aliphatic heterocycles. The molecule has 1 aliphatic carbocycles. The Balaban J connectivity index is 1.65. The van der Waals surface area contributed by atoms with E-state index in [1.54, 1.807) is 6.07 Å². The molecule has 1 amide bonds. The molecule has 2 N–H and O–H groups in total. The van der Waals surface area contributed by atoms with Crippen LogP contribution in [0.5, 0.6) is 0 Å². The molecule has 0 unspecified atom stereocenters. The minimum atomic E-state index is -0.269. The summed E-state index contributed by atoms with van der Waals surface area (Å²) in [6.45, 7) is 2.00. The molecule has 0 radical (unpaired) electrons. The van der Waals surface area contributed by atoms with Gasteiger partial charge in [-0.05, 0) is 65.5 Å². The Morgan fingerprint density at radius 1 is 1.17 bits per heavy atom. The maximum absolute atomic E-state index is 12.3. The third-order valence-electron chi connectivity index (χ3n) is 3.98. The maximum atomic E-state index is 12.3. The van der Waals surface area contributed by atoms with Gasteiger partial charge in [-0.25, -0.2) is 0 Å². The number of anilines is 2. The highest BCUT2D eigenvalue weighted by atomic mass is 79.9. The molecule has 6 heteroatoms. The van der Waals surface area contributed by atoms with E-state index in [0.29, 0.717) is 11.7 Å². The average Bonchev–Trinajstić information content (AvgIpc) is 3.04. The van der Waals surface area contributed by atoms with E-state index in [-0.39, 0.29) is 5.91 Å². The SMILES string of the molecule is Cc1ccc(NC(=O)c2ccc(NC3CCCC3)nn2)c(Br)c1. The molecule has 1 aromatic carbocycles. The van der Waals surface area contributed by atoms with Crippen molar-refractivity contribution in [3.63, 3.8) is 0 Å². The molecule has 1 saturated carbocycles. The van der Waals surface area contributed by atoms with Gasteiger partial charge in [-0.3, -0.25) is 4.79 Å². The van der Waals surface area contributed by atoms with Crippen molar-refractivity contribution >= 4 is 33.3 Å². The lowest BCUT2D eigenvalue weighted by molar-refractivity contribution is 0.102. The fourth-order valence-electron chi connectivity index (χ4n) is 2.72. The summed E-state index contributed by atoms with van der Waals surface area (Å²) in [5, 5.41) is 14.3. The van der Waals surface area contributed by atoms with Crippen LogP contribution in [0.2, 0.25) is 0 Å². The van der Waals surface area contributed by atoms with E-state index in [1.165, 1.54) is 25.7 Å². The zero-order valence-electron chi connectivity index (χ0n) is 13.0. The van der Waals surface area contributed by atoms with Crippen LogP contribution in [-0.4, -0.2) is 22.1 Å². The van der Waals surface area contributed by atoms with E-state index in [1.807, 2.05) is 31.2 Å². The molecular formula is C17H19BrN4O. The molecule has 1 aliphatic rings. The number of aromatic nitrogens is 2. The predicted molar refractivity (Wildman–Crippen MR) is 94.7 cm³/mol. The van der Waals surface area contributed by atoms with Crippen molar-refractivity contribution in [1.29, 1.82) is 0 Å². The van der Waals surface area contributed by atoms with E-state index in [4.69, 9.17) is 0 Å². The zero-order chi connectivity index (χ0) is 16.2. The second-order valence-electron chi connectivity index (χ2n) is 5.87. The van der Waals surface area contributed by atoms with Gasteiger partial charge < -0.3 is 10.6 Å². The third-order valence-corrected chi connectivity index (χ3v) is 4.63. The lowest BCUT2D eigenvalue weighted by Gasteiger charge is -2.12. The van der Waals surface area contributed by atoms with Gasteiger partial charge in [-0.15, -0.1) is 10.2 Å². The van der Waals surface area contributed by atoms with Gasteiger partial charge in [0.2, 0.25) is 0 Å². The standard InChI is InChI=1S/C17H19BrN4O/c1-11-6-7-14(13(18)10-11)20-17(23)15-8-9-16(22-21-15)19-12-4-2-3-5-12/h6-10,12H,2-5H2,1H3,(H,19,22)(H,20,23). The van der Waals surface area contributed by atoms with Crippen molar-refractivity contribution in [2.45, 2.75) is 38.6 Å². The van der Waals surface area contributed by atoms with Crippen LogP contribution < -0.4 is 10.6 Å². The number of rotatable bonds is 4. The van der Waals surface area contributed by atoms with E-state index in [0.717, 1.165) is 21.5 Å². The smallest absolute Gasteiger partial charge is 0.276 e. The van der Waals surface area contributed by atoms with Crippen molar-refractivity contribution in [3.8, 4) is 0 Å². The first-order valence-electron chi connectivity index (χ1n) is 7.79. The number of benzene rings is 1.